The van der Waals surface area contributed by atoms with Crippen LogP contribution in [0.3, 0.4) is 0 Å². The zero-order valence-electron chi connectivity index (χ0n) is 14.4. The Morgan fingerprint density at radius 1 is 1.23 bits per heavy atom. The number of halogens is 1. The lowest BCUT2D eigenvalue weighted by Crippen LogP contribution is -2.41. The SMILES string of the molecule is CCc1cc(CC)n(CC=C(F)B2OC(C)(C)C(C)(C)O2)n1. The molecule has 6 heteroatoms. The summed E-state index contributed by atoms with van der Waals surface area (Å²) in [5.41, 5.74) is 0.683. The number of aryl methyl sites for hydroxylation is 2. The largest absolute Gasteiger partial charge is 0.524 e. The minimum Gasteiger partial charge on any atom is -0.398 e. The van der Waals surface area contributed by atoms with Crippen LogP contribution in [-0.4, -0.2) is 28.1 Å². The first kappa shape index (κ1) is 17.2. The molecule has 22 heavy (non-hydrogen) atoms. The maximum Gasteiger partial charge on any atom is 0.524 e. The van der Waals surface area contributed by atoms with E-state index in [-0.39, 0.29) is 0 Å². The monoisotopic (exact) mass is 308 g/mol. The Labute approximate surface area is 132 Å². The molecule has 1 aliphatic rings. The van der Waals surface area contributed by atoms with Gasteiger partial charge in [-0.2, -0.15) is 5.10 Å². The summed E-state index contributed by atoms with van der Waals surface area (Å²) in [5.74, 6) is 0. The zero-order chi connectivity index (χ0) is 16.5. The van der Waals surface area contributed by atoms with E-state index in [1.54, 1.807) is 0 Å². The number of nitrogens with zero attached hydrogens (tertiary/aromatic N) is 2. The molecule has 1 aromatic rings. The third kappa shape index (κ3) is 3.28. The van der Waals surface area contributed by atoms with Crippen molar-refractivity contribution < 1.29 is 13.7 Å². The molecule has 2 rings (SSSR count). The average Bonchev–Trinajstić information content (AvgIpc) is 2.94. The van der Waals surface area contributed by atoms with E-state index in [0.29, 0.717) is 6.54 Å². The highest BCUT2D eigenvalue weighted by molar-refractivity contribution is 6.53. The normalized spacial score (nSPS) is 20.7. The quantitative estimate of drug-likeness (QED) is 0.781. The van der Waals surface area contributed by atoms with E-state index < -0.39 is 24.0 Å². The molecule has 4 nitrogen and oxygen atoms in total. The van der Waals surface area contributed by atoms with Gasteiger partial charge in [0.15, 0.2) is 0 Å². The summed E-state index contributed by atoms with van der Waals surface area (Å²) < 4.78 is 27.6. The molecule has 0 aliphatic carbocycles. The fourth-order valence-corrected chi connectivity index (χ4v) is 2.36. The number of aromatic nitrogens is 2. The molecule has 122 valence electrons. The highest BCUT2D eigenvalue weighted by Gasteiger charge is 2.52. The second-order valence-corrected chi connectivity index (χ2v) is 6.69. The van der Waals surface area contributed by atoms with Crippen molar-refractivity contribution in [1.29, 1.82) is 0 Å². The molecule has 0 spiro atoms. The number of hydrogen-bond acceptors (Lipinski definition) is 3. The summed E-state index contributed by atoms with van der Waals surface area (Å²) in [6.07, 6.45) is 3.25. The Hall–Kier alpha value is -1.14. The van der Waals surface area contributed by atoms with Crippen LogP contribution < -0.4 is 0 Å². The zero-order valence-corrected chi connectivity index (χ0v) is 14.4. The van der Waals surface area contributed by atoms with Crippen LogP contribution in [0.5, 0.6) is 0 Å². The molecule has 0 bridgehead atoms. The van der Waals surface area contributed by atoms with E-state index in [0.717, 1.165) is 24.2 Å². The van der Waals surface area contributed by atoms with Crippen LogP contribution >= 0.6 is 0 Å². The summed E-state index contributed by atoms with van der Waals surface area (Å²) in [6, 6.07) is 2.07. The average molecular weight is 308 g/mol. The smallest absolute Gasteiger partial charge is 0.398 e. The van der Waals surface area contributed by atoms with Crippen LogP contribution in [0.1, 0.15) is 52.9 Å². The van der Waals surface area contributed by atoms with Crippen molar-refractivity contribution in [2.45, 2.75) is 72.1 Å². The van der Waals surface area contributed by atoms with Gasteiger partial charge < -0.3 is 9.31 Å². The van der Waals surface area contributed by atoms with Gasteiger partial charge in [-0.1, -0.05) is 13.8 Å². The minimum absolute atomic E-state index is 0.388. The molecule has 0 aromatic carbocycles. The molecule has 1 aromatic heterocycles. The van der Waals surface area contributed by atoms with Crippen molar-refractivity contribution in [3.8, 4) is 0 Å². The first-order valence-corrected chi connectivity index (χ1v) is 7.97. The third-order valence-corrected chi connectivity index (χ3v) is 4.58. The fraction of sp³-hybridized carbons (Fsp3) is 0.688. The highest BCUT2D eigenvalue weighted by Crippen LogP contribution is 2.38. The van der Waals surface area contributed by atoms with E-state index in [4.69, 9.17) is 9.31 Å². The summed E-state index contributed by atoms with van der Waals surface area (Å²) >= 11 is 0. The molecule has 0 radical (unpaired) electrons. The van der Waals surface area contributed by atoms with Crippen LogP contribution in [0.2, 0.25) is 0 Å². The second-order valence-electron chi connectivity index (χ2n) is 6.69. The Morgan fingerprint density at radius 2 is 1.82 bits per heavy atom. The van der Waals surface area contributed by atoms with Crippen molar-refractivity contribution in [2.24, 2.45) is 0 Å². The Kier molecular flexibility index (Phi) is 4.83. The maximum atomic E-state index is 14.4. The van der Waals surface area contributed by atoms with Gasteiger partial charge in [0.2, 0.25) is 0 Å². The topological polar surface area (TPSA) is 36.3 Å². The summed E-state index contributed by atoms with van der Waals surface area (Å²) in [7, 11) is -0.934. The Bertz CT molecular complexity index is 550. The number of hydrogen-bond donors (Lipinski definition) is 0. The lowest BCUT2D eigenvalue weighted by atomic mass is 9.88. The van der Waals surface area contributed by atoms with Gasteiger partial charge in [-0.25, -0.2) is 4.39 Å². The van der Waals surface area contributed by atoms with Gasteiger partial charge >= 0.3 is 7.12 Å². The molecule has 1 fully saturated rings. The van der Waals surface area contributed by atoms with Gasteiger partial charge in [-0.15, -0.1) is 0 Å². The standard InChI is InChI=1S/C16H26BFN2O2/c1-7-12-11-13(8-2)20(19-12)10-9-14(18)17-21-15(3,4)16(5,6)22-17/h9,11H,7-8,10H2,1-6H3. The predicted octanol–water partition coefficient (Wildman–Crippen LogP) is 3.49. The van der Waals surface area contributed by atoms with Crippen molar-refractivity contribution in [3.63, 3.8) is 0 Å². The molecule has 0 atom stereocenters. The van der Waals surface area contributed by atoms with Crippen LogP contribution in [0.4, 0.5) is 4.39 Å². The molecule has 0 saturated carbocycles. The van der Waals surface area contributed by atoms with Crippen LogP contribution in [0, 0.1) is 0 Å². The van der Waals surface area contributed by atoms with E-state index >= 15 is 0 Å². The van der Waals surface area contributed by atoms with Crippen molar-refractivity contribution >= 4 is 7.12 Å². The summed E-state index contributed by atoms with van der Waals surface area (Å²) in [4.78, 5) is 0. The molecule has 1 saturated heterocycles. The molecule has 0 unspecified atom stereocenters. The van der Waals surface area contributed by atoms with E-state index in [1.807, 2.05) is 32.4 Å². The lowest BCUT2D eigenvalue weighted by molar-refractivity contribution is 0.00578. The molecular weight excluding hydrogens is 282 g/mol. The maximum absolute atomic E-state index is 14.4. The number of allylic oxidation sites excluding steroid dienone is 1. The Balaban J connectivity index is 2.10. The Morgan fingerprint density at radius 3 is 2.32 bits per heavy atom. The molecule has 0 N–H and O–H groups in total. The van der Waals surface area contributed by atoms with Gasteiger partial charge in [-0.3, -0.25) is 4.68 Å². The van der Waals surface area contributed by atoms with Gasteiger partial charge in [0.05, 0.1) is 23.4 Å². The summed E-state index contributed by atoms with van der Waals surface area (Å²) in [6.45, 7) is 12.2. The van der Waals surface area contributed by atoms with Crippen LogP contribution in [-0.2, 0) is 28.7 Å². The lowest BCUT2D eigenvalue weighted by Gasteiger charge is -2.32. The minimum atomic E-state index is -0.934. The van der Waals surface area contributed by atoms with Crippen molar-refractivity contribution in [3.05, 3.63) is 29.3 Å². The van der Waals surface area contributed by atoms with Gasteiger partial charge in [0, 0.05) is 5.69 Å². The fourth-order valence-electron chi connectivity index (χ4n) is 2.36. The van der Waals surface area contributed by atoms with E-state index in [2.05, 4.69) is 25.0 Å². The highest BCUT2D eigenvalue weighted by atomic mass is 19.1. The van der Waals surface area contributed by atoms with Crippen LogP contribution in [0.25, 0.3) is 0 Å². The van der Waals surface area contributed by atoms with E-state index in [1.165, 1.54) is 6.08 Å². The third-order valence-electron chi connectivity index (χ3n) is 4.58. The summed E-state index contributed by atoms with van der Waals surface area (Å²) in [5, 5.41) is 4.48. The van der Waals surface area contributed by atoms with E-state index in [9.17, 15) is 4.39 Å². The van der Waals surface area contributed by atoms with Gasteiger partial charge in [0.25, 0.3) is 0 Å². The predicted molar refractivity (Wildman–Crippen MR) is 86.3 cm³/mol. The van der Waals surface area contributed by atoms with Gasteiger partial charge in [0.1, 0.15) is 5.73 Å². The van der Waals surface area contributed by atoms with Crippen molar-refractivity contribution in [1.82, 2.24) is 9.78 Å². The first-order valence-electron chi connectivity index (χ1n) is 7.97. The molecular formula is C16H26BFN2O2. The number of rotatable bonds is 5. The second kappa shape index (κ2) is 6.16. The van der Waals surface area contributed by atoms with Gasteiger partial charge in [-0.05, 0) is 52.7 Å². The molecule has 1 aliphatic heterocycles. The van der Waals surface area contributed by atoms with Crippen molar-refractivity contribution in [2.75, 3.05) is 0 Å². The molecule has 2 heterocycles. The first-order chi connectivity index (χ1) is 10.2. The van der Waals surface area contributed by atoms with Crippen LogP contribution in [0.15, 0.2) is 17.9 Å². The molecule has 0 amide bonds.